The quantitative estimate of drug-likeness (QED) is 0.820. The normalized spacial score (nSPS) is 17.1. The van der Waals surface area contributed by atoms with E-state index in [0.717, 1.165) is 50.2 Å². The topological polar surface area (TPSA) is 41.6 Å². The molecule has 1 aliphatic rings. The minimum atomic E-state index is 0.0816. The highest BCUT2D eigenvalue weighted by atomic mass is 16.5. The maximum Gasteiger partial charge on any atom is 0.246 e. The summed E-state index contributed by atoms with van der Waals surface area (Å²) in [4.78, 5) is 14.5. The number of likely N-dealkylation sites (tertiary alicyclic amines) is 1. The number of benzene rings is 1. The fraction of sp³-hybridized carbons (Fsp3) is 0.526. The van der Waals surface area contributed by atoms with Crippen molar-refractivity contribution < 1.29 is 9.53 Å². The van der Waals surface area contributed by atoms with Crippen molar-refractivity contribution in [2.45, 2.75) is 45.7 Å². The van der Waals surface area contributed by atoms with E-state index in [1.165, 1.54) is 5.56 Å². The van der Waals surface area contributed by atoms with E-state index >= 15 is 0 Å². The number of allylic oxidation sites excluding steroid dienone is 1. The number of piperidine rings is 1. The fourth-order valence-corrected chi connectivity index (χ4v) is 2.96. The van der Waals surface area contributed by atoms with Crippen molar-refractivity contribution in [2.75, 3.05) is 20.2 Å². The van der Waals surface area contributed by atoms with Gasteiger partial charge in [0.2, 0.25) is 5.91 Å². The van der Waals surface area contributed by atoms with E-state index in [-0.39, 0.29) is 5.91 Å². The Morgan fingerprint density at radius 3 is 2.78 bits per heavy atom. The Hall–Kier alpha value is -1.81. The molecular weight excluding hydrogens is 288 g/mol. The molecule has 4 nitrogen and oxygen atoms in total. The van der Waals surface area contributed by atoms with Crippen LogP contribution in [-0.4, -0.2) is 37.0 Å². The molecule has 0 aromatic heterocycles. The third-order valence-corrected chi connectivity index (χ3v) is 4.33. The summed E-state index contributed by atoms with van der Waals surface area (Å²) in [5.41, 5.74) is 2.10. The average molecular weight is 316 g/mol. The van der Waals surface area contributed by atoms with Crippen molar-refractivity contribution in [3.05, 3.63) is 41.5 Å². The third kappa shape index (κ3) is 5.39. The molecule has 1 aromatic carbocycles. The number of carbonyl (C=O) groups excluding carboxylic acids is 1. The van der Waals surface area contributed by atoms with Gasteiger partial charge in [-0.25, -0.2) is 0 Å². The molecule has 0 spiro atoms. The number of nitrogens with zero attached hydrogens (tertiary/aromatic N) is 1. The third-order valence-electron chi connectivity index (χ3n) is 4.33. The molecule has 1 N–H and O–H groups in total. The summed E-state index contributed by atoms with van der Waals surface area (Å²) < 4.78 is 5.28. The first kappa shape index (κ1) is 17.5. The molecule has 1 fully saturated rings. The molecular formula is C19H28N2O2. The van der Waals surface area contributed by atoms with E-state index in [0.29, 0.717) is 6.04 Å². The first-order valence-electron chi connectivity index (χ1n) is 8.45. The van der Waals surface area contributed by atoms with Crippen LogP contribution in [0.1, 0.15) is 38.7 Å². The summed E-state index contributed by atoms with van der Waals surface area (Å²) in [6.07, 6.45) is 4.90. The van der Waals surface area contributed by atoms with Crippen LogP contribution in [0.5, 0.6) is 5.75 Å². The Morgan fingerprint density at radius 2 is 2.13 bits per heavy atom. The fourth-order valence-electron chi connectivity index (χ4n) is 2.96. The zero-order valence-corrected chi connectivity index (χ0v) is 14.5. The van der Waals surface area contributed by atoms with Gasteiger partial charge in [-0.15, -0.1) is 0 Å². The van der Waals surface area contributed by atoms with Crippen LogP contribution in [0.4, 0.5) is 0 Å². The van der Waals surface area contributed by atoms with E-state index < -0.39 is 0 Å². The first-order chi connectivity index (χ1) is 11.1. The average Bonchev–Trinajstić information content (AvgIpc) is 2.57. The molecule has 1 aromatic rings. The Kier molecular flexibility index (Phi) is 6.66. The SMILES string of the molecule is CC/C=C(\C)C(=O)NC1CCN(Cc2cccc(OC)c2)CC1. The van der Waals surface area contributed by atoms with Gasteiger partial charge in [-0.3, -0.25) is 9.69 Å². The number of ether oxygens (including phenoxy) is 1. The number of amides is 1. The van der Waals surface area contributed by atoms with Gasteiger partial charge in [0.1, 0.15) is 5.75 Å². The van der Waals surface area contributed by atoms with Crippen LogP contribution in [-0.2, 0) is 11.3 Å². The molecule has 4 heteroatoms. The van der Waals surface area contributed by atoms with Gasteiger partial charge in [0.15, 0.2) is 0 Å². The van der Waals surface area contributed by atoms with Crippen LogP contribution in [0, 0.1) is 0 Å². The smallest absolute Gasteiger partial charge is 0.246 e. The van der Waals surface area contributed by atoms with Crippen LogP contribution in [0.25, 0.3) is 0 Å². The Balaban J connectivity index is 1.79. The standard InChI is InChI=1S/C19H28N2O2/c1-4-6-15(2)19(22)20-17-9-11-21(12-10-17)14-16-7-5-8-18(13-16)23-3/h5-8,13,17H,4,9-12,14H2,1-3H3,(H,20,22)/b15-6+. The second-order valence-electron chi connectivity index (χ2n) is 6.17. The molecule has 0 atom stereocenters. The van der Waals surface area contributed by atoms with Gasteiger partial charge in [-0.05, 0) is 43.9 Å². The lowest BCUT2D eigenvalue weighted by atomic mass is 10.0. The molecule has 1 heterocycles. The van der Waals surface area contributed by atoms with Gasteiger partial charge in [-0.2, -0.15) is 0 Å². The van der Waals surface area contributed by atoms with Crippen LogP contribution in [0.15, 0.2) is 35.9 Å². The Bertz CT molecular complexity index is 546. The van der Waals surface area contributed by atoms with Gasteiger partial charge in [0, 0.05) is 31.2 Å². The molecule has 0 bridgehead atoms. The van der Waals surface area contributed by atoms with Gasteiger partial charge in [0.25, 0.3) is 0 Å². The van der Waals surface area contributed by atoms with Crippen molar-refractivity contribution in [3.63, 3.8) is 0 Å². The van der Waals surface area contributed by atoms with Gasteiger partial charge in [-0.1, -0.05) is 25.1 Å². The van der Waals surface area contributed by atoms with Crippen molar-refractivity contribution in [1.82, 2.24) is 10.2 Å². The largest absolute Gasteiger partial charge is 0.497 e. The van der Waals surface area contributed by atoms with Crippen LogP contribution >= 0.6 is 0 Å². The molecule has 0 aliphatic carbocycles. The first-order valence-corrected chi connectivity index (χ1v) is 8.45. The Morgan fingerprint density at radius 1 is 1.39 bits per heavy atom. The zero-order valence-electron chi connectivity index (χ0n) is 14.5. The van der Waals surface area contributed by atoms with E-state index in [9.17, 15) is 4.79 Å². The predicted molar refractivity (Wildman–Crippen MR) is 93.5 cm³/mol. The Labute approximate surface area is 139 Å². The van der Waals surface area contributed by atoms with E-state index in [1.54, 1.807) is 7.11 Å². The summed E-state index contributed by atoms with van der Waals surface area (Å²) >= 11 is 0. The van der Waals surface area contributed by atoms with E-state index in [2.05, 4.69) is 22.3 Å². The number of hydrogen-bond donors (Lipinski definition) is 1. The number of carbonyl (C=O) groups is 1. The van der Waals surface area contributed by atoms with Crippen molar-refractivity contribution in [2.24, 2.45) is 0 Å². The number of rotatable bonds is 6. The van der Waals surface area contributed by atoms with E-state index in [1.807, 2.05) is 32.1 Å². The van der Waals surface area contributed by atoms with Crippen molar-refractivity contribution >= 4 is 5.91 Å². The predicted octanol–water partition coefficient (Wildman–Crippen LogP) is 3.13. The number of hydrogen-bond acceptors (Lipinski definition) is 3. The van der Waals surface area contributed by atoms with E-state index in [4.69, 9.17) is 4.74 Å². The second kappa shape index (κ2) is 8.73. The maximum absolute atomic E-state index is 12.0. The zero-order chi connectivity index (χ0) is 16.7. The number of nitrogens with one attached hydrogen (secondary N) is 1. The molecule has 0 saturated carbocycles. The van der Waals surface area contributed by atoms with Gasteiger partial charge < -0.3 is 10.1 Å². The summed E-state index contributed by atoms with van der Waals surface area (Å²) in [6, 6.07) is 8.52. The number of methoxy groups -OCH3 is 1. The lowest BCUT2D eigenvalue weighted by molar-refractivity contribution is -0.118. The molecule has 126 valence electrons. The summed E-state index contributed by atoms with van der Waals surface area (Å²) in [5, 5.41) is 3.15. The molecule has 2 rings (SSSR count). The van der Waals surface area contributed by atoms with Crippen molar-refractivity contribution in [1.29, 1.82) is 0 Å². The minimum absolute atomic E-state index is 0.0816. The summed E-state index contributed by atoms with van der Waals surface area (Å²) in [5.74, 6) is 0.987. The molecule has 0 radical (unpaired) electrons. The van der Waals surface area contributed by atoms with Gasteiger partial charge in [0.05, 0.1) is 7.11 Å². The summed E-state index contributed by atoms with van der Waals surface area (Å²) in [6.45, 7) is 6.90. The molecule has 1 saturated heterocycles. The van der Waals surface area contributed by atoms with Crippen molar-refractivity contribution in [3.8, 4) is 5.75 Å². The molecule has 1 aliphatic heterocycles. The highest BCUT2D eigenvalue weighted by Gasteiger charge is 2.21. The van der Waals surface area contributed by atoms with Gasteiger partial charge >= 0.3 is 0 Å². The monoisotopic (exact) mass is 316 g/mol. The van der Waals surface area contributed by atoms with Crippen LogP contribution < -0.4 is 10.1 Å². The minimum Gasteiger partial charge on any atom is -0.497 e. The lowest BCUT2D eigenvalue weighted by Gasteiger charge is -2.32. The highest BCUT2D eigenvalue weighted by molar-refractivity contribution is 5.92. The highest BCUT2D eigenvalue weighted by Crippen LogP contribution is 2.17. The lowest BCUT2D eigenvalue weighted by Crippen LogP contribution is -2.44. The second-order valence-corrected chi connectivity index (χ2v) is 6.17. The van der Waals surface area contributed by atoms with Crippen LogP contribution in [0.3, 0.4) is 0 Å². The molecule has 0 unspecified atom stereocenters. The molecule has 23 heavy (non-hydrogen) atoms. The molecule has 1 amide bonds. The summed E-state index contributed by atoms with van der Waals surface area (Å²) in [7, 11) is 1.70. The van der Waals surface area contributed by atoms with Crippen LogP contribution in [0.2, 0.25) is 0 Å². The maximum atomic E-state index is 12.0.